The third-order valence-electron chi connectivity index (χ3n) is 5.96. The SMILES string of the molecule is COc1ccc(CN(C(=O)Cn2c(COc3ccccc3)nc3ccccc32)C2CC2)cc1. The molecule has 1 amide bonds. The number of amides is 1. The van der Waals surface area contributed by atoms with E-state index in [-0.39, 0.29) is 12.5 Å². The number of hydrogen-bond acceptors (Lipinski definition) is 4. The van der Waals surface area contributed by atoms with Crippen LogP contribution in [0.4, 0.5) is 0 Å². The molecule has 6 nitrogen and oxygen atoms in total. The zero-order valence-corrected chi connectivity index (χ0v) is 18.7. The molecule has 1 aliphatic carbocycles. The summed E-state index contributed by atoms with van der Waals surface area (Å²) < 4.78 is 13.2. The first-order chi connectivity index (χ1) is 16.2. The van der Waals surface area contributed by atoms with Crippen LogP contribution in [0.25, 0.3) is 11.0 Å². The summed E-state index contributed by atoms with van der Waals surface area (Å²) in [5.74, 6) is 2.43. The standard InChI is InChI=1S/C27H27N3O3/c1-32-22-15-11-20(12-16-22)17-29(21-13-14-21)27(31)18-30-25-10-6-5-9-24(25)28-26(30)19-33-23-7-3-2-4-8-23/h2-12,15-16,21H,13-14,17-19H2,1H3. The molecule has 0 bridgehead atoms. The molecule has 0 N–H and O–H groups in total. The molecule has 1 aromatic heterocycles. The fourth-order valence-electron chi connectivity index (χ4n) is 4.04. The summed E-state index contributed by atoms with van der Waals surface area (Å²) in [6.07, 6.45) is 2.10. The summed E-state index contributed by atoms with van der Waals surface area (Å²) in [6.45, 7) is 1.13. The van der Waals surface area contributed by atoms with Gasteiger partial charge in [-0.2, -0.15) is 0 Å². The Morgan fingerprint density at radius 2 is 1.70 bits per heavy atom. The Balaban J connectivity index is 1.37. The Bertz CT molecular complexity index is 1230. The molecule has 5 rings (SSSR count). The van der Waals surface area contributed by atoms with E-state index in [9.17, 15) is 4.79 Å². The molecule has 168 valence electrons. The highest BCUT2D eigenvalue weighted by atomic mass is 16.5. The quantitative estimate of drug-likeness (QED) is 0.374. The van der Waals surface area contributed by atoms with Crippen LogP contribution in [0, 0.1) is 0 Å². The lowest BCUT2D eigenvalue weighted by molar-refractivity contribution is -0.133. The van der Waals surface area contributed by atoms with Gasteiger partial charge in [-0.1, -0.05) is 42.5 Å². The number of carbonyl (C=O) groups excluding carboxylic acids is 1. The van der Waals surface area contributed by atoms with E-state index < -0.39 is 0 Å². The minimum absolute atomic E-state index is 0.0948. The first kappa shape index (κ1) is 21.1. The Hall–Kier alpha value is -3.80. The minimum Gasteiger partial charge on any atom is -0.497 e. The molecule has 0 unspecified atom stereocenters. The molecule has 1 saturated carbocycles. The first-order valence-corrected chi connectivity index (χ1v) is 11.3. The van der Waals surface area contributed by atoms with Crippen molar-refractivity contribution in [3.63, 3.8) is 0 Å². The van der Waals surface area contributed by atoms with Crippen LogP contribution < -0.4 is 9.47 Å². The number of benzene rings is 3. The Kier molecular flexibility index (Phi) is 5.98. The molecule has 1 fully saturated rings. The second kappa shape index (κ2) is 9.36. The Labute approximate surface area is 193 Å². The number of fused-ring (bicyclic) bond motifs is 1. The predicted octanol–water partition coefficient (Wildman–Crippen LogP) is 4.82. The summed E-state index contributed by atoms with van der Waals surface area (Å²) in [5, 5.41) is 0. The maximum absolute atomic E-state index is 13.5. The normalized spacial score (nSPS) is 13.1. The van der Waals surface area contributed by atoms with Crippen molar-refractivity contribution in [1.29, 1.82) is 0 Å². The van der Waals surface area contributed by atoms with Crippen LogP contribution in [-0.4, -0.2) is 33.5 Å². The first-order valence-electron chi connectivity index (χ1n) is 11.3. The van der Waals surface area contributed by atoms with E-state index in [4.69, 9.17) is 14.5 Å². The molecule has 1 aliphatic rings. The maximum Gasteiger partial charge on any atom is 0.243 e. The van der Waals surface area contributed by atoms with Crippen LogP contribution in [0.15, 0.2) is 78.9 Å². The van der Waals surface area contributed by atoms with Gasteiger partial charge in [-0.15, -0.1) is 0 Å². The zero-order chi connectivity index (χ0) is 22.6. The van der Waals surface area contributed by atoms with Gasteiger partial charge in [0.05, 0.1) is 18.1 Å². The van der Waals surface area contributed by atoms with E-state index in [0.29, 0.717) is 19.2 Å². The number of hydrogen-bond donors (Lipinski definition) is 0. The number of carbonyl (C=O) groups is 1. The molecule has 0 spiro atoms. The van der Waals surface area contributed by atoms with Gasteiger partial charge in [0.2, 0.25) is 5.91 Å². The molecule has 6 heteroatoms. The van der Waals surface area contributed by atoms with E-state index in [1.807, 2.05) is 88.3 Å². The Morgan fingerprint density at radius 1 is 0.970 bits per heavy atom. The highest BCUT2D eigenvalue weighted by Crippen LogP contribution is 2.29. The van der Waals surface area contributed by atoms with Crippen LogP contribution in [0.1, 0.15) is 24.2 Å². The smallest absolute Gasteiger partial charge is 0.243 e. The number of methoxy groups -OCH3 is 1. The van der Waals surface area contributed by atoms with E-state index in [1.165, 1.54) is 0 Å². The van der Waals surface area contributed by atoms with Gasteiger partial charge < -0.3 is 18.9 Å². The van der Waals surface area contributed by atoms with Crippen molar-refractivity contribution in [2.45, 2.75) is 38.6 Å². The zero-order valence-electron chi connectivity index (χ0n) is 18.7. The Morgan fingerprint density at radius 3 is 2.42 bits per heavy atom. The summed E-state index contributed by atoms with van der Waals surface area (Å²) in [5.41, 5.74) is 2.90. The predicted molar refractivity (Wildman–Crippen MR) is 127 cm³/mol. The van der Waals surface area contributed by atoms with Crippen molar-refractivity contribution in [2.24, 2.45) is 0 Å². The van der Waals surface area contributed by atoms with Crippen LogP contribution >= 0.6 is 0 Å². The highest BCUT2D eigenvalue weighted by molar-refractivity contribution is 5.81. The van der Waals surface area contributed by atoms with Gasteiger partial charge in [-0.3, -0.25) is 4.79 Å². The van der Waals surface area contributed by atoms with Gasteiger partial charge in [-0.25, -0.2) is 4.98 Å². The average molecular weight is 442 g/mol. The highest BCUT2D eigenvalue weighted by Gasteiger charge is 2.33. The second-order valence-electron chi connectivity index (χ2n) is 8.31. The third kappa shape index (κ3) is 4.85. The van der Waals surface area contributed by atoms with Crippen molar-refractivity contribution >= 4 is 16.9 Å². The van der Waals surface area contributed by atoms with Crippen LogP contribution in [-0.2, 0) is 24.5 Å². The van der Waals surface area contributed by atoms with Crippen molar-refractivity contribution in [2.75, 3.05) is 7.11 Å². The number of para-hydroxylation sites is 3. The van der Waals surface area contributed by atoms with Gasteiger partial charge in [-0.05, 0) is 54.8 Å². The molecular formula is C27H27N3O3. The number of aromatic nitrogens is 2. The van der Waals surface area contributed by atoms with E-state index in [0.717, 1.165) is 46.8 Å². The topological polar surface area (TPSA) is 56.6 Å². The third-order valence-corrected chi connectivity index (χ3v) is 5.96. The summed E-state index contributed by atoms with van der Waals surface area (Å²) >= 11 is 0. The lowest BCUT2D eigenvalue weighted by atomic mass is 10.2. The van der Waals surface area contributed by atoms with Gasteiger partial charge in [0.15, 0.2) is 0 Å². The lowest BCUT2D eigenvalue weighted by Gasteiger charge is -2.23. The molecule has 0 radical (unpaired) electrons. The largest absolute Gasteiger partial charge is 0.497 e. The van der Waals surface area contributed by atoms with Crippen LogP contribution in [0.2, 0.25) is 0 Å². The number of ether oxygens (including phenoxy) is 2. The summed E-state index contributed by atoms with van der Waals surface area (Å²) in [6, 6.07) is 25.8. The maximum atomic E-state index is 13.5. The minimum atomic E-state index is 0.0948. The molecule has 0 saturated heterocycles. The molecule has 3 aromatic carbocycles. The van der Waals surface area contributed by atoms with Crippen molar-refractivity contribution in [3.8, 4) is 11.5 Å². The van der Waals surface area contributed by atoms with Crippen molar-refractivity contribution in [1.82, 2.24) is 14.5 Å². The van der Waals surface area contributed by atoms with Gasteiger partial charge >= 0.3 is 0 Å². The molecule has 4 aromatic rings. The molecule has 33 heavy (non-hydrogen) atoms. The van der Waals surface area contributed by atoms with E-state index in [1.54, 1.807) is 7.11 Å². The number of nitrogens with zero attached hydrogens (tertiary/aromatic N) is 3. The van der Waals surface area contributed by atoms with Crippen LogP contribution in [0.5, 0.6) is 11.5 Å². The number of rotatable bonds is 9. The fraction of sp³-hybridized carbons (Fsp3) is 0.259. The molecular weight excluding hydrogens is 414 g/mol. The molecule has 1 heterocycles. The van der Waals surface area contributed by atoms with E-state index in [2.05, 4.69) is 0 Å². The van der Waals surface area contributed by atoms with Gasteiger partial charge in [0.25, 0.3) is 0 Å². The van der Waals surface area contributed by atoms with Crippen molar-refractivity contribution in [3.05, 3.63) is 90.3 Å². The lowest BCUT2D eigenvalue weighted by Crippen LogP contribution is -2.35. The molecule has 0 atom stereocenters. The van der Waals surface area contributed by atoms with Gasteiger partial charge in [0.1, 0.15) is 30.5 Å². The second-order valence-corrected chi connectivity index (χ2v) is 8.31. The molecule has 0 aliphatic heterocycles. The fourth-order valence-corrected chi connectivity index (χ4v) is 4.04. The van der Waals surface area contributed by atoms with Gasteiger partial charge in [0, 0.05) is 12.6 Å². The summed E-state index contributed by atoms with van der Waals surface area (Å²) in [7, 11) is 1.66. The monoisotopic (exact) mass is 441 g/mol. The number of imidazole rings is 1. The van der Waals surface area contributed by atoms with E-state index >= 15 is 0 Å². The average Bonchev–Trinajstić information content (AvgIpc) is 3.64. The summed E-state index contributed by atoms with van der Waals surface area (Å²) in [4.78, 5) is 20.3. The van der Waals surface area contributed by atoms with Crippen LogP contribution in [0.3, 0.4) is 0 Å². The van der Waals surface area contributed by atoms with Crippen molar-refractivity contribution < 1.29 is 14.3 Å².